The SMILES string of the molecule is COc1cc(N2C(=O)[C@]3(COC(=O)O3)[C@@H]2C)cc(OC)c1OC. The van der Waals surface area contributed by atoms with Crippen LogP contribution in [0.5, 0.6) is 17.2 Å². The number of cyclic esters (lactones) is 1. The molecule has 2 aliphatic heterocycles. The molecular weight excluding hydrogens is 306 g/mol. The Morgan fingerprint density at radius 2 is 1.74 bits per heavy atom. The Balaban J connectivity index is 1.97. The van der Waals surface area contributed by atoms with Gasteiger partial charge in [0.15, 0.2) is 11.5 Å². The van der Waals surface area contributed by atoms with Gasteiger partial charge in [0.25, 0.3) is 5.91 Å². The van der Waals surface area contributed by atoms with Crippen molar-refractivity contribution < 1.29 is 33.3 Å². The van der Waals surface area contributed by atoms with E-state index in [0.717, 1.165) is 0 Å². The molecular formula is C15H17NO7. The second-order valence-corrected chi connectivity index (χ2v) is 5.26. The maximum absolute atomic E-state index is 12.6. The fourth-order valence-corrected chi connectivity index (χ4v) is 2.93. The normalized spacial score (nSPS) is 25.7. The first-order chi connectivity index (χ1) is 11.0. The Morgan fingerprint density at radius 3 is 2.13 bits per heavy atom. The predicted octanol–water partition coefficient (Wildman–Crippen LogP) is 1.35. The van der Waals surface area contributed by atoms with E-state index in [0.29, 0.717) is 22.9 Å². The van der Waals surface area contributed by atoms with Gasteiger partial charge >= 0.3 is 6.16 Å². The van der Waals surface area contributed by atoms with Crippen LogP contribution in [0, 0.1) is 0 Å². The van der Waals surface area contributed by atoms with Crippen LogP contribution >= 0.6 is 0 Å². The number of amides is 1. The largest absolute Gasteiger partial charge is 0.509 e. The van der Waals surface area contributed by atoms with Crippen LogP contribution in [0.4, 0.5) is 10.5 Å². The number of β-lactam (4-membered cyclic amide) rings is 1. The van der Waals surface area contributed by atoms with E-state index in [4.69, 9.17) is 23.7 Å². The molecule has 0 bridgehead atoms. The molecule has 1 aromatic rings. The molecule has 8 nitrogen and oxygen atoms in total. The van der Waals surface area contributed by atoms with Crippen LogP contribution in [0.15, 0.2) is 12.1 Å². The molecule has 2 heterocycles. The molecule has 0 aromatic heterocycles. The summed E-state index contributed by atoms with van der Waals surface area (Å²) < 4.78 is 25.7. The summed E-state index contributed by atoms with van der Waals surface area (Å²) in [6.07, 6.45) is -0.824. The third-order valence-electron chi connectivity index (χ3n) is 4.24. The Hall–Kier alpha value is -2.64. The van der Waals surface area contributed by atoms with Crippen LogP contribution in [0.3, 0.4) is 0 Å². The van der Waals surface area contributed by atoms with Gasteiger partial charge in [0, 0.05) is 12.1 Å². The van der Waals surface area contributed by atoms with Crippen molar-refractivity contribution in [1.82, 2.24) is 0 Å². The van der Waals surface area contributed by atoms with E-state index in [1.165, 1.54) is 26.2 Å². The lowest BCUT2D eigenvalue weighted by Crippen LogP contribution is -2.74. The van der Waals surface area contributed by atoms with Gasteiger partial charge in [-0.2, -0.15) is 0 Å². The van der Waals surface area contributed by atoms with Gasteiger partial charge < -0.3 is 28.6 Å². The Labute approximate surface area is 132 Å². The van der Waals surface area contributed by atoms with Gasteiger partial charge in [-0.05, 0) is 6.92 Å². The molecule has 1 amide bonds. The summed E-state index contributed by atoms with van der Waals surface area (Å²) in [5.74, 6) is 0.958. The molecule has 2 saturated heterocycles. The molecule has 0 aliphatic carbocycles. The summed E-state index contributed by atoms with van der Waals surface area (Å²) in [5, 5.41) is 0. The van der Waals surface area contributed by atoms with E-state index in [-0.39, 0.29) is 18.6 Å². The molecule has 124 valence electrons. The number of nitrogens with zero attached hydrogens (tertiary/aromatic N) is 1. The average Bonchev–Trinajstić information content (AvgIpc) is 2.98. The Kier molecular flexibility index (Phi) is 3.46. The number of ether oxygens (including phenoxy) is 5. The second-order valence-electron chi connectivity index (χ2n) is 5.26. The van der Waals surface area contributed by atoms with E-state index < -0.39 is 11.8 Å². The number of carbonyl (C=O) groups excluding carboxylic acids is 2. The van der Waals surface area contributed by atoms with Crippen molar-refractivity contribution >= 4 is 17.7 Å². The van der Waals surface area contributed by atoms with Crippen LogP contribution in [0.25, 0.3) is 0 Å². The minimum absolute atomic E-state index is 0.0766. The summed E-state index contributed by atoms with van der Waals surface area (Å²) in [4.78, 5) is 25.3. The van der Waals surface area contributed by atoms with Crippen LogP contribution in [-0.2, 0) is 14.3 Å². The lowest BCUT2D eigenvalue weighted by atomic mass is 9.83. The third-order valence-corrected chi connectivity index (χ3v) is 4.24. The highest BCUT2D eigenvalue weighted by Gasteiger charge is 2.66. The lowest BCUT2D eigenvalue weighted by Gasteiger charge is -2.49. The van der Waals surface area contributed by atoms with Crippen LogP contribution in [0.1, 0.15) is 6.92 Å². The zero-order chi connectivity index (χ0) is 16.8. The lowest BCUT2D eigenvalue weighted by molar-refractivity contribution is -0.147. The highest BCUT2D eigenvalue weighted by Crippen LogP contribution is 2.46. The Morgan fingerprint density at radius 1 is 1.13 bits per heavy atom. The number of rotatable bonds is 4. The average molecular weight is 323 g/mol. The van der Waals surface area contributed by atoms with Crippen LogP contribution in [-0.4, -0.2) is 51.6 Å². The van der Waals surface area contributed by atoms with Crippen molar-refractivity contribution in [2.45, 2.75) is 18.6 Å². The molecule has 3 rings (SSSR count). The molecule has 2 fully saturated rings. The third kappa shape index (κ3) is 1.97. The number of carbonyl (C=O) groups is 2. The van der Waals surface area contributed by atoms with Crippen LogP contribution in [0.2, 0.25) is 0 Å². The van der Waals surface area contributed by atoms with Crippen molar-refractivity contribution in [3.63, 3.8) is 0 Å². The zero-order valence-corrected chi connectivity index (χ0v) is 13.2. The first-order valence-corrected chi connectivity index (χ1v) is 6.98. The van der Waals surface area contributed by atoms with E-state index in [9.17, 15) is 9.59 Å². The standard InChI is InChI=1S/C15H17NO7/c1-8-15(7-22-14(18)23-15)13(17)16(8)9-5-10(19-2)12(21-4)11(6-9)20-3/h5-6,8H,7H2,1-4H3/t8-,15-/m0/s1. The smallest absolute Gasteiger partial charge is 0.493 e. The summed E-state index contributed by atoms with van der Waals surface area (Å²) in [5.41, 5.74) is -0.678. The summed E-state index contributed by atoms with van der Waals surface area (Å²) in [7, 11) is 4.49. The first-order valence-electron chi connectivity index (χ1n) is 6.98. The molecule has 0 N–H and O–H groups in total. The number of hydrogen-bond acceptors (Lipinski definition) is 7. The number of benzene rings is 1. The van der Waals surface area contributed by atoms with E-state index in [2.05, 4.69) is 0 Å². The molecule has 0 saturated carbocycles. The van der Waals surface area contributed by atoms with Gasteiger partial charge in [0.05, 0.1) is 33.1 Å². The van der Waals surface area contributed by atoms with E-state index in [1.807, 2.05) is 0 Å². The first kappa shape index (κ1) is 15.3. The van der Waals surface area contributed by atoms with E-state index >= 15 is 0 Å². The van der Waals surface area contributed by atoms with Gasteiger partial charge in [-0.25, -0.2) is 4.79 Å². The molecule has 1 spiro atoms. The monoisotopic (exact) mass is 323 g/mol. The maximum atomic E-state index is 12.6. The van der Waals surface area contributed by atoms with Crippen molar-refractivity contribution in [2.24, 2.45) is 0 Å². The molecule has 23 heavy (non-hydrogen) atoms. The molecule has 8 heteroatoms. The Bertz CT molecular complexity index is 649. The quantitative estimate of drug-likeness (QED) is 0.611. The number of anilines is 1. The molecule has 2 atom stereocenters. The summed E-state index contributed by atoms with van der Waals surface area (Å²) in [6, 6.07) is 2.96. The fraction of sp³-hybridized carbons (Fsp3) is 0.467. The van der Waals surface area contributed by atoms with Gasteiger partial charge in [0.1, 0.15) is 6.61 Å². The van der Waals surface area contributed by atoms with Crippen molar-refractivity contribution in [3.05, 3.63) is 12.1 Å². The molecule has 2 aliphatic rings. The van der Waals surface area contributed by atoms with E-state index in [1.54, 1.807) is 19.1 Å². The van der Waals surface area contributed by atoms with Crippen molar-refractivity contribution in [1.29, 1.82) is 0 Å². The highest BCUT2D eigenvalue weighted by molar-refractivity contribution is 6.10. The van der Waals surface area contributed by atoms with Crippen molar-refractivity contribution in [3.8, 4) is 17.2 Å². The van der Waals surface area contributed by atoms with Crippen molar-refractivity contribution in [2.75, 3.05) is 32.8 Å². The van der Waals surface area contributed by atoms with Crippen LogP contribution < -0.4 is 19.1 Å². The number of hydrogen-bond donors (Lipinski definition) is 0. The summed E-state index contributed by atoms with van der Waals surface area (Å²) >= 11 is 0. The minimum atomic E-state index is -1.24. The zero-order valence-electron chi connectivity index (χ0n) is 13.2. The number of methoxy groups -OCH3 is 3. The predicted molar refractivity (Wildman–Crippen MR) is 78.2 cm³/mol. The van der Waals surface area contributed by atoms with Gasteiger partial charge in [-0.15, -0.1) is 0 Å². The second kappa shape index (κ2) is 5.22. The fourth-order valence-electron chi connectivity index (χ4n) is 2.93. The van der Waals surface area contributed by atoms with Gasteiger partial charge in [0.2, 0.25) is 11.4 Å². The summed E-state index contributed by atoms with van der Waals surface area (Å²) in [6.45, 7) is 1.71. The molecule has 0 unspecified atom stereocenters. The van der Waals surface area contributed by atoms with Gasteiger partial charge in [-0.3, -0.25) is 4.79 Å². The highest BCUT2D eigenvalue weighted by atomic mass is 16.8. The molecule has 1 aromatic carbocycles. The molecule has 0 radical (unpaired) electrons. The maximum Gasteiger partial charge on any atom is 0.509 e. The van der Waals surface area contributed by atoms with Gasteiger partial charge in [-0.1, -0.05) is 0 Å². The minimum Gasteiger partial charge on any atom is -0.493 e. The topological polar surface area (TPSA) is 83.5 Å².